The van der Waals surface area contributed by atoms with E-state index in [1.165, 1.54) is 24.5 Å². The molecule has 0 atom stereocenters. The Hall–Kier alpha value is -1.73. The number of nitrogens with zero attached hydrogens (tertiary/aromatic N) is 2. The summed E-state index contributed by atoms with van der Waals surface area (Å²) in [5.41, 5.74) is 0.794. The van der Waals surface area contributed by atoms with Crippen molar-refractivity contribution in [2.75, 3.05) is 7.11 Å². The van der Waals surface area contributed by atoms with Crippen molar-refractivity contribution < 1.29 is 9.53 Å². The van der Waals surface area contributed by atoms with E-state index in [4.69, 9.17) is 4.74 Å². The molecule has 24 heavy (non-hydrogen) atoms. The van der Waals surface area contributed by atoms with Gasteiger partial charge in [-0.2, -0.15) is 0 Å². The summed E-state index contributed by atoms with van der Waals surface area (Å²) in [6.45, 7) is 4.48. The summed E-state index contributed by atoms with van der Waals surface area (Å²) in [4.78, 5) is 29.8. The predicted octanol–water partition coefficient (Wildman–Crippen LogP) is 2.28. The smallest absolute Gasteiger partial charge is 0.326 e. The standard InChI is InChI=1S/C17H23N3O3S/c1-11-4-6-17(7-5-11,15(22)23-3)18-9-13-8-14(21)20-12(2)10-24-16(20)19-13/h8,10-11,18H,4-7,9H2,1-3H3. The maximum Gasteiger partial charge on any atom is 0.326 e. The van der Waals surface area contributed by atoms with Gasteiger partial charge in [0.05, 0.1) is 12.8 Å². The van der Waals surface area contributed by atoms with Gasteiger partial charge >= 0.3 is 5.97 Å². The van der Waals surface area contributed by atoms with E-state index >= 15 is 0 Å². The highest BCUT2D eigenvalue weighted by molar-refractivity contribution is 7.15. The first-order chi connectivity index (χ1) is 11.4. The quantitative estimate of drug-likeness (QED) is 0.857. The first-order valence-corrected chi connectivity index (χ1v) is 9.13. The number of thiazole rings is 1. The minimum absolute atomic E-state index is 0.0834. The van der Waals surface area contributed by atoms with Gasteiger partial charge in [-0.3, -0.25) is 19.3 Å². The van der Waals surface area contributed by atoms with Crippen LogP contribution in [0.2, 0.25) is 0 Å². The molecule has 0 amide bonds. The van der Waals surface area contributed by atoms with Crippen LogP contribution in [0.25, 0.3) is 4.96 Å². The summed E-state index contributed by atoms with van der Waals surface area (Å²) in [6.07, 6.45) is 3.48. The van der Waals surface area contributed by atoms with Gasteiger partial charge in [-0.15, -0.1) is 11.3 Å². The van der Waals surface area contributed by atoms with Gasteiger partial charge in [-0.25, -0.2) is 4.98 Å². The van der Waals surface area contributed by atoms with Crippen molar-refractivity contribution in [3.8, 4) is 0 Å². The average Bonchev–Trinajstić information content (AvgIpc) is 2.95. The van der Waals surface area contributed by atoms with Crippen molar-refractivity contribution in [2.45, 2.75) is 51.6 Å². The lowest BCUT2D eigenvalue weighted by molar-refractivity contribution is -0.150. The highest BCUT2D eigenvalue weighted by Gasteiger charge is 2.41. The molecule has 0 aliphatic heterocycles. The molecule has 0 unspecified atom stereocenters. The predicted molar refractivity (Wildman–Crippen MR) is 93.3 cm³/mol. The summed E-state index contributed by atoms with van der Waals surface area (Å²) in [5, 5.41) is 5.26. The minimum atomic E-state index is -0.667. The Bertz CT molecular complexity index is 803. The molecule has 2 aromatic heterocycles. The number of aryl methyl sites for hydroxylation is 1. The third-order valence-electron chi connectivity index (χ3n) is 4.94. The number of methoxy groups -OCH3 is 1. The van der Waals surface area contributed by atoms with Gasteiger partial charge in [0.2, 0.25) is 0 Å². The Balaban J connectivity index is 1.82. The first kappa shape index (κ1) is 17.1. The second-order valence-electron chi connectivity index (χ2n) is 6.69. The van der Waals surface area contributed by atoms with Crippen molar-refractivity contribution in [2.24, 2.45) is 5.92 Å². The molecular weight excluding hydrogens is 326 g/mol. The van der Waals surface area contributed by atoms with E-state index < -0.39 is 5.54 Å². The fourth-order valence-corrected chi connectivity index (χ4v) is 4.25. The Kier molecular flexibility index (Phi) is 4.73. The third-order valence-corrected chi connectivity index (χ3v) is 5.88. The van der Waals surface area contributed by atoms with Gasteiger partial charge in [0, 0.05) is 23.7 Å². The van der Waals surface area contributed by atoms with Crippen LogP contribution >= 0.6 is 11.3 Å². The molecule has 3 rings (SSSR count). The molecule has 2 aromatic rings. The zero-order chi connectivity index (χ0) is 17.3. The molecule has 1 aliphatic carbocycles. The van der Waals surface area contributed by atoms with Crippen molar-refractivity contribution in [1.82, 2.24) is 14.7 Å². The van der Waals surface area contributed by atoms with E-state index in [1.54, 1.807) is 4.40 Å². The van der Waals surface area contributed by atoms with Crippen LogP contribution in [-0.4, -0.2) is 28.0 Å². The van der Waals surface area contributed by atoms with Gasteiger partial charge in [0.15, 0.2) is 4.96 Å². The molecule has 6 nitrogen and oxygen atoms in total. The number of hydrogen-bond donors (Lipinski definition) is 1. The van der Waals surface area contributed by atoms with Gasteiger partial charge in [-0.05, 0) is 38.5 Å². The summed E-state index contributed by atoms with van der Waals surface area (Å²) >= 11 is 1.45. The van der Waals surface area contributed by atoms with Crippen LogP contribution in [0.3, 0.4) is 0 Å². The van der Waals surface area contributed by atoms with Crippen LogP contribution in [0, 0.1) is 12.8 Å². The number of carbonyl (C=O) groups excluding carboxylic acids is 1. The van der Waals surface area contributed by atoms with Crippen LogP contribution in [0.5, 0.6) is 0 Å². The number of ether oxygens (including phenoxy) is 1. The van der Waals surface area contributed by atoms with Gasteiger partial charge in [0.25, 0.3) is 5.56 Å². The second-order valence-corrected chi connectivity index (χ2v) is 7.53. The monoisotopic (exact) mass is 349 g/mol. The molecule has 0 aromatic carbocycles. The highest BCUT2D eigenvalue weighted by Crippen LogP contribution is 2.33. The lowest BCUT2D eigenvalue weighted by Gasteiger charge is -2.37. The van der Waals surface area contributed by atoms with Crippen molar-refractivity contribution >= 4 is 22.3 Å². The zero-order valence-electron chi connectivity index (χ0n) is 14.3. The summed E-state index contributed by atoms with van der Waals surface area (Å²) in [6, 6.07) is 1.54. The maximum atomic E-state index is 12.3. The average molecular weight is 349 g/mol. The SMILES string of the molecule is COC(=O)C1(NCc2cc(=O)n3c(C)csc3n2)CCC(C)CC1. The third kappa shape index (κ3) is 3.10. The van der Waals surface area contributed by atoms with Crippen molar-refractivity contribution in [3.63, 3.8) is 0 Å². The number of esters is 1. The molecule has 0 saturated heterocycles. The van der Waals surface area contributed by atoms with Crippen LogP contribution in [-0.2, 0) is 16.1 Å². The largest absolute Gasteiger partial charge is 0.468 e. The summed E-state index contributed by atoms with van der Waals surface area (Å²) in [7, 11) is 1.43. The highest BCUT2D eigenvalue weighted by atomic mass is 32.1. The van der Waals surface area contributed by atoms with E-state index in [9.17, 15) is 9.59 Å². The van der Waals surface area contributed by atoms with Crippen LogP contribution in [0.15, 0.2) is 16.2 Å². The minimum Gasteiger partial charge on any atom is -0.468 e. The number of nitrogens with one attached hydrogen (secondary N) is 1. The number of carbonyl (C=O) groups is 1. The fourth-order valence-electron chi connectivity index (χ4n) is 3.35. The van der Waals surface area contributed by atoms with Crippen molar-refractivity contribution in [3.05, 3.63) is 33.2 Å². The Morgan fingerprint density at radius 2 is 2.21 bits per heavy atom. The van der Waals surface area contributed by atoms with Crippen LogP contribution in [0.1, 0.15) is 44.0 Å². The number of fused-ring (bicyclic) bond motifs is 1. The maximum absolute atomic E-state index is 12.3. The molecule has 0 spiro atoms. The topological polar surface area (TPSA) is 72.7 Å². The molecule has 2 heterocycles. The molecule has 0 bridgehead atoms. The summed E-state index contributed by atoms with van der Waals surface area (Å²) in [5.74, 6) is 0.400. The first-order valence-electron chi connectivity index (χ1n) is 8.25. The van der Waals surface area contributed by atoms with E-state index in [2.05, 4.69) is 17.2 Å². The molecule has 130 valence electrons. The van der Waals surface area contributed by atoms with E-state index in [-0.39, 0.29) is 11.5 Å². The van der Waals surface area contributed by atoms with Gasteiger partial charge < -0.3 is 4.74 Å². The molecule has 1 saturated carbocycles. The van der Waals surface area contributed by atoms with Crippen molar-refractivity contribution in [1.29, 1.82) is 0 Å². The Morgan fingerprint density at radius 3 is 2.88 bits per heavy atom. The molecule has 1 N–H and O–H groups in total. The number of hydrogen-bond acceptors (Lipinski definition) is 6. The Morgan fingerprint density at radius 1 is 1.50 bits per heavy atom. The molecule has 7 heteroatoms. The van der Waals surface area contributed by atoms with Crippen LogP contribution in [0.4, 0.5) is 0 Å². The van der Waals surface area contributed by atoms with E-state index in [0.717, 1.165) is 31.4 Å². The van der Waals surface area contributed by atoms with Crippen LogP contribution < -0.4 is 10.9 Å². The molecule has 0 radical (unpaired) electrons. The molecular formula is C17H23N3O3S. The summed E-state index contributed by atoms with van der Waals surface area (Å²) < 4.78 is 6.63. The fraction of sp³-hybridized carbons (Fsp3) is 0.588. The molecule has 1 aliphatic rings. The van der Waals surface area contributed by atoms with Gasteiger partial charge in [0.1, 0.15) is 5.54 Å². The zero-order valence-corrected chi connectivity index (χ0v) is 15.1. The Labute approximate surface area is 144 Å². The van der Waals surface area contributed by atoms with E-state index in [0.29, 0.717) is 23.1 Å². The lowest BCUT2D eigenvalue weighted by Crippen LogP contribution is -2.54. The van der Waals surface area contributed by atoms with E-state index in [1.807, 2.05) is 12.3 Å². The lowest BCUT2D eigenvalue weighted by atomic mass is 9.77. The molecule has 1 fully saturated rings. The number of aromatic nitrogens is 2. The normalized spacial score (nSPS) is 24.2. The second kappa shape index (κ2) is 6.64. The van der Waals surface area contributed by atoms with Gasteiger partial charge in [-0.1, -0.05) is 6.92 Å². The number of rotatable bonds is 4.